The Balaban J connectivity index is 1.91. The highest BCUT2D eigenvalue weighted by Crippen LogP contribution is 2.24. The van der Waals surface area contributed by atoms with Crippen molar-refractivity contribution in [2.75, 3.05) is 16.3 Å². The number of anilines is 3. The van der Waals surface area contributed by atoms with Gasteiger partial charge in [0.25, 0.3) is 0 Å². The van der Waals surface area contributed by atoms with Crippen molar-refractivity contribution in [3.8, 4) is 0 Å². The van der Waals surface area contributed by atoms with E-state index in [1.54, 1.807) is 0 Å². The van der Waals surface area contributed by atoms with E-state index >= 15 is 0 Å². The highest BCUT2D eigenvalue weighted by Gasteiger charge is 2.16. The number of rotatable bonds is 7. The van der Waals surface area contributed by atoms with Gasteiger partial charge in [0.2, 0.25) is 5.95 Å². The highest BCUT2D eigenvalue weighted by molar-refractivity contribution is 5.58. The second kappa shape index (κ2) is 8.48. The predicted molar refractivity (Wildman–Crippen MR) is 109 cm³/mol. The molecular weight excluding hydrogens is 320 g/mol. The van der Waals surface area contributed by atoms with Crippen LogP contribution in [0.15, 0.2) is 72.9 Å². The van der Waals surface area contributed by atoms with Crippen LogP contribution in [0.5, 0.6) is 0 Å². The van der Waals surface area contributed by atoms with Crippen LogP contribution in [0.4, 0.5) is 17.5 Å². The summed E-state index contributed by atoms with van der Waals surface area (Å²) in [6, 6.07) is 23.1. The number of para-hydroxylation sites is 1. The van der Waals surface area contributed by atoms with Gasteiger partial charge in [-0.3, -0.25) is 0 Å². The molecule has 0 aliphatic rings. The summed E-state index contributed by atoms with van der Waals surface area (Å²) in [5, 5.41) is 0. The van der Waals surface area contributed by atoms with E-state index in [-0.39, 0.29) is 0 Å². The smallest absolute Gasteiger partial charge is 0.231 e. The zero-order chi connectivity index (χ0) is 18.4. The fourth-order valence-corrected chi connectivity index (χ4v) is 2.98. The van der Waals surface area contributed by atoms with E-state index in [9.17, 15) is 0 Å². The zero-order valence-electron chi connectivity index (χ0n) is 15.7. The molecule has 1 heterocycles. The molecule has 4 nitrogen and oxygen atoms in total. The van der Waals surface area contributed by atoms with Crippen molar-refractivity contribution < 1.29 is 0 Å². The molecule has 3 rings (SSSR count). The van der Waals surface area contributed by atoms with E-state index in [0.717, 1.165) is 30.5 Å². The number of nitrogens with zero attached hydrogens (tertiary/aromatic N) is 4. The Hall–Kier alpha value is -2.88. The molecule has 1 aromatic heterocycles. The first kappa shape index (κ1) is 17.9. The maximum atomic E-state index is 4.88. The maximum Gasteiger partial charge on any atom is 0.231 e. The molecule has 0 saturated heterocycles. The van der Waals surface area contributed by atoms with Crippen molar-refractivity contribution in [2.24, 2.45) is 0 Å². The third-order valence-corrected chi connectivity index (χ3v) is 4.37. The molecule has 134 valence electrons. The lowest BCUT2D eigenvalue weighted by Gasteiger charge is -2.29. The SMILES string of the molecule is CCN(c1ccccc1)c1nccc(N(Cc2ccccc2)C(C)C)n1. The van der Waals surface area contributed by atoms with Gasteiger partial charge in [0, 0.05) is 31.0 Å². The van der Waals surface area contributed by atoms with Gasteiger partial charge in [0.1, 0.15) is 5.82 Å². The fourth-order valence-electron chi connectivity index (χ4n) is 2.98. The summed E-state index contributed by atoms with van der Waals surface area (Å²) in [4.78, 5) is 13.8. The molecule has 0 aliphatic carbocycles. The van der Waals surface area contributed by atoms with Crippen LogP contribution in [0.3, 0.4) is 0 Å². The Morgan fingerprint density at radius 1 is 0.885 bits per heavy atom. The van der Waals surface area contributed by atoms with Gasteiger partial charge in [-0.15, -0.1) is 0 Å². The molecule has 0 spiro atoms. The van der Waals surface area contributed by atoms with Crippen molar-refractivity contribution in [3.05, 3.63) is 78.5 Å². The molecule has 0 unspecified atom stereocenters. The first-order valence-corrected chi connectivity index (χ1v) is 9.15. The third-order valence-electron chi connectivity index (χ3n) is 4.37. The Kier molecular flexibility index (Phi) is 5.84. The Labute approximate surface area is 156 Å². The third kappa shape index (κ3) is 4.20. The summed E-state index contributed by atoms with van der Waals surface area (Å²) < 4.78 is 0. The lowest BCUT2D eigenvalue weighted by Crippen LogP contribution is -2.31. The molecular formula is C22H26N4. The van der Waals surface area contributed by atoms with Crippen molar-refractivity contribution in [2.45, 2.75) is 33.4 Å². The van der Waals surface area contributed by atoms with Crippen LogP contribution in [-0.2, 0) is 6.54 Å². The van der Waals surface area contributed by atoms with E-state index in [2.05, 4.69) is 72.0 Å². The maximum absolute atomic E-state index is 4.88. The van der Waals surface area contributed by atoms with Gasteiger partial charge >= 0.3 is 0 Å². The minimum atomic E-state index is 0.338. The standard InChI is InChI=1S/C22H26N4/c1-4-25(20-13-9-6-10-14-20)22-23-16-15-21(24-22)26(18(2)3)17-19-11-7-5-8-12-19/h5-16,18H,4,17H2,1-3H3. The quantitative estimate of drug-likeness (QED) is 0.599. The van der Waals surface area contributed by atoms with Gasteiger partial charge in [0.15, 0.2) is 0 Å². The minimum Gasteiger partial charge on any atom is -0.350 e. The van der Waals surface area contributed by atoms with Crippen LogP contribution in [0.25, 0.3) is 0 Å². The molecule has 0 saturated carbocycles. The molecule has 4 heteroatoms. The highest BCUT2D eigenvalue weighted by atomic mass is 15.3. The fraction of sp³-hybridized carbons (Fsp3) is 0.273. The predicted octanol–water partition coefficient (Wildman–Crippen LogP) is 5.05. The normalized spacial score (nSPS) is 10.8. The molecule has 0 amide bonds. The topological polar surface area (TPSA) is 32.3 Å². The summed E-state index contributed by atoms with van der Waals surface area (Å²) in [6.07, 6.45) is 1.85. The lowest BCUT2D eigenvalue weighted by molar-refractivity contribution is 0.670. The molecule has 0 radical (unpaired) electrons. The van der Waals surface area contributed by atoms with Crippen LogP contribution in [0, 0.1) is 0 Å². The lowest BCUT2D eigenvalue weighted by atomic mass is 10.2. The van der Waals surface area contributed by atoms with Crippen LogP contribution in [0.2, 0.25) is 0 Å². The van der Waals surface area contributed by atoms with Crippen molar-refractivity contribution in [1.82, 2.24) is 9.97 Å². The van der Waals surface area contributed by atoms with Crippen LogP contribution in [-0.4, -0.2) is 22.6 Å². The first-order valence-electron chi connectivity index (χ1n) is 9.15. The number of benzene rings is 2. The van der Waals surface area contributed by atoms with Gasteiger partial charge in [-0.1, -0.05) is 48.5 Å². The van der Waals surface area contributed by atoms with Gasteiger partial charge < -0.3 is 9.80 Å². The van der Waals surface area contributed by atoms with Crippen molar-refractivity contribution >= 4 is 17.5 Å². The second-order valence-corrected chi connectivity index (χ2v) is 6.50. The summed E-state index contributed by atoms with van der Waals surface area (Å²) in [5.41, 5.74) is 2.38. The Morgan fingerprint density at radius 3 is 2.15 bits per heavy atom. The minimum absolute atomic E-state index is 0.338. The van der Waals surface area contributed by atoms with Crippen molar-refractivity contribution in [3.63, 3.8) is 0 Å². The van der Waals surface area contributed by atoms with E-state index in [0.29, 0.717) is 6.04 Å². The van der Waals surface area contributed by atoms with Gasteiger partial charge in [0.05, 0.1) is 0 Å². The first-order chi connectivity index (χ1) is 12.7. The molecule has 0 atom stereocenters. The van der Waals surface area contributed by atoms with Crippen LogP contribution >= 0.6 is 0 Å². The number of hydrogen-bond donors (Lipinski definition) is 0. The van der Waals surface area contributed by atoms with Gasteiger partial charge in [-0.2, -0.15) is 4.98 Å². The summed E-state index contributed by atoms with van der Waals surface area (Å²) in [7, 11) is 0. The molecule has 0 bridgehead atoms. The van der Waals surface area contributed by atoms with Crippen LogP contribution < -0.4 is 9.80 Å². The Bertz CT molecular complexity index is 803. The average Bonchev–Trinajstić information content (AvgIpc) is 2.68. The monoisotopic (exact) mass is 346 g/mol. The van der Waals surface area contributed by atoms with E-state index < -0.39 is 0 Å². The molecule has 0 N–H and O–H groups in total. The number of hydrogen-bond acceptors (Lipinski definition) is 4. The van der Waals surface area contributed by atoms with Crippen LogP contribution in [0.1, 0.15) is 26.3 Å². The van der Waals surface area contributed by atoms with Crippen molar-refractivity contribution in [1.29, 1.82) is 0 Å². The van der Waals surface area contributed by atoms with Gasteiger partial charge in [-0.25, -0.2) is 4.98 Å². The van der Waals surface area contributed by atoms with E-state index in [4.69, 9.17) is 4.98 Å². The molecule has 2 aromatic carbocycles. The average molecular weight is 346 g/mol. The number of aromatic nitrogens is 2. The summed E-state index contributed by atoms with van der Waals surface area (Å²) in [5.74, 6) is 1.68. The second-order valence-electron chi connectivity index (χ2n) is 6.50. The van der Waals surface area contributed by atoms with E-state index in [1.165, 1.54) is 5.56 Å². The molecule has 26 heavy (non-hydrogen) atoms. The van der Waals surface area contributed by atoms with E-state index in [1.807, 2.05) is 36.5 Å². The largest absolute Gasteiger partial charge is 0.350 e. The zero-order valence-corrected chi connectivity index (χ0v) is 15.7. The summed E-state index contributed by atoms with van der Waals surface area (Å²) in [6.45, 7) is 8.15. The summed E-state index contributed by atoms with van der Waals surface area (Å²) >= 11 is 0. The molecule has 0 fully saturated rings. The Morgan fingerprint density at radius 2 is 1.54 bits per heavy atom. The molecule has 3 aromatic rings. The molecule has 0 aliphatic heterocycles. The van der Waals surface area contributed by atoms with Gasteiger partial charge in [-0.05, 0) is 44.5 Å².